The molecule has 3 aromatic rings. The van der Waals surface area contributed by atoms with Gasteiger partial charge in [-0.05, 0) is 64.7 Å². The van der Waals surface area contributed by atoms with E-state index in [-0.39, 0.29) is 17.7 Å². The first kappa shape index (κ1) is 21.9. The minimum absolute atomic E-state index is 0.00676. The molecule has 1 fully saturated rings. The second-order valence-electron chi connectivity index (χ2n) is 8.57. The Morgan fingerprint density at radius 1 is 1.03 bits per heavy atom. The Labute approximate surface area is 188 Å². The summed E-state index contributed by atoms with van der Waals surface area (Å²) in [6.45, 7) is 9.85. The Morgan fingerprint density at radius 2 is 1.72 bits per heavy atom. The predicted octanol–water partition coefficient (Wildman–Crippen LogP) is 3.65. The van der Waals surface area contributed by atoms with Gasteiger partial charge in [-0.1, -0.05) is 0 Å². The lowest BCUT2D eigenvalue weighted by Gasteiger charge is -2.31. The van der Waals surface area contributed by atoms with Crippen molar-refractivity contribution >= 4 is 28.5 Å². The summed E-state index contributed by atoms with van der Waals surface area (Å²) in [5.41, 5.74) is 5.55. The number of carbonyl (C=O) groups excluding carboxylic acids is 2. The topological polar surface area (TPSA) is 93.0 Å². The molecular formula is C24H30N6O2. The first-order valence-corrected chi connectivity index (χ1v) is 11.2. The van der Waals surface area contributed by atoms with Gasteiger partial charge >= 0.3 is 0 Å². The Balaban J connectivity index is 1.33. The van der Waals surface area contributed by atoms with Crippen molar-refractivity contribution in [3.8, 4) is 0 Å². The number of rotatable bonds is 5. The summed E-state index contributed by atoms with van der Waals surface area (Å²) in [5, 5.41) is 7.35. The second-order valence-corrected chi connectivity index (χ2v) is 8.57. The van der Waals surface area contributed by atoms with Gasteiger partial charge in [-0.15, -0.1) is 0 Å². The maximum Gasteiger partial charge on any atom is 0.253 e. The van der Waals surface area contributed by atoms with Gasteiger partial charge in [0.25, 0.3) is 5.91 Å². The lowest BCUT2D eigenvalue weighted by Crippen LogP contribution is -2.39. The number of aromatic nitrogens is 4. The van der Waals surface area contributed by atoms with Crippen LogP contribution < -0.4 is 5.32 Å². The summed E-state index contributed by atoms with van der Waals surface area (Å²) >= 11 is 0. The van der Waals surface area contributed by atoms with Crippen LogP contribution in [0.25, 0.3) is 11.0 Å². The minimum atomic E-state index is 0.00676. The fourth-order valence-electron chi connectivity index (χ4n) is 4.15. The molecule has 1 aromatic carbocycles. The Hall–Kier alpha value is -3.29. The lowest BCUT2D eigenvalue weighted by atomic mass is 9.92. The normalized spacial score (nSPS) is 14.7. The van der Waals surface area contributed by atoms with Gasteiger partial charge in [0.2, 0.25) is 5.91 Å². The highest BCUT2D eigenvalue weighted by atomic mass is 16.2. The molecule has 0 radical (unpaired) electrons. The van der Waals surface area contributed by atoms with E-state index in [1.54, 1.807) is 0 Å². The second kappa shape index (κ2) is 9.06. The molecule has 4 rings (SSSR count). The molecule has 2 amide bonds. The van der Waals surface area contributed by atoms with E-state index in [9.17, 15) is 9.59 Å². The average Bonchev–Trinajstić information content (AvgIpc) is 3.13. The summed E-state index contributed by atoms with van der Waals surface area (Å²) in [5.74, 6) is 0.290. The zero-order chi connectivity index (χ0) is 22.8. The van der Waals surface area contributed by atoms with Crippen molar-refractivity contribution < 1.29 is 9.59 Å². The summed E-state index contributed by atoms with van der Waals surface area (Å²) in [4.78, 5) is 36.5. The molecule has 2 aromatic heterocycles. The molecule has 0 aliphatic carbocycles. The highest BCUT2D eigenvalue weighted by Gasteiger charge is 2.25. The number of fused-ring (bicyclic) bond motifs is 1. The number of aryl methyl sites for hydroxylation is 4. The first-order valence-electron chi connectivity index (χ1n) is 11.2. The quantitative estimate of drug-likeness (QED) is 0.662. The number of piperidine rings is 1. The van der Waals surface area contributed by atoms with Crippen molar-refractivity contribution in [2.45, 2.75) is 53.5 Å². The van der Waals surface area contributed by atoms with Gasteiger partial charge in [0.05, 0.1) is 33.8 Å². The molecule has 0 atom stereocenters. The molecule has 1 aliphatic rings. The smallest absolute Gasteiger partial charge is 0.253 e. The molecule has 0 bridgehead atoms. The van der Waals surface area contributed by atoms with Crippen molar-refractivity contribution in [3.05, 3.63) is 47.0 Å². The SMILES string of the molecule is CCn1cc(NC(=O)CC2CCN(C(=O)c3ccc4nc(C)c(C)nc4c3)CC2)c(C)n1. The van der Waals surface area contributed by atoms with Crippen molar-refractivity contribution in [1.82, 2.24) is 24.6 Å². The van der Waals surface area contributed by atoms with Crippen LogP contribution >= 0.6 is 0 Å². The van der Waals surface area contributed by atoms with Crippen LogP contribution in [0.5, 0.6) is 0 Å². The van der Waals surface area contributed by atoms with Gasteiger partial charge in [0.1, 0.15) is 0 Å². The van der Waals surface area contributed by atoms with Crippen LogP contribution in [0.4, 0.5) is 5.69 Å². The van der Waals surface area contributed by atoms with Crippen LogP contribution in [0.2, 0.25) is 0 Å². The third kappa shape index (κ3) is 4.64. The predicted molar refractivity (Wildman–Crippen MR) is 124 cm³/mol. The zero-order valence-corrected chi connectivity index (χ0v) is 19.2. The fraction of sp³-hybridized carbons (Fsp3) is 0.458. The van der Waals surface area contributed by atoms with Crippen LogP contribution in [0.1, 0.15) is 53.6 Å². The Kier molecular flexibility index (Phi) is 6.21. The molecule has 8 nitrogen and oxygen atoms in total. The third-order valence-electron chi connectivity index (χ3n) is 6.24. The molecule has 1 N–H and O–H groups in total. The van der Waals surface area contributed by atoms with Gasteiger partial charge in [-0.2, -0.15) is 5.10 Å². The number of hydrogen-bond acceptors (Lipinski definition) is 5. The molecule has 8 heteroatoms. The molecule has 1 aliphatic heterocycles. The first-order chi connectivity index (χ1) is 15.3. The van der Waals surface area contributed by atoms with Crippen molar-refractivity contribution in [3.63, 3.8) is 0 Å². The molecule has 0 saturated carbocycles. The van der Waals surface area contributed by atoms with E-state index in [0.29, 0.717) is 25.1 Å². The Bertz CT molecular complexity index is 1160. The van der Waals surface area contributed by atoms with Crippen LogP contribution in [-0.4, -0.2) is 49.6 Å². The zero-order valence-electron chi connectivity index (χ0n) is 19.2. The van der Waals surface area contributed by atoms with E-state index >= 15 is 0 Å². The largest absolute Gasteiger partial charge is 0.339 e. The summed E-state index contributed by atoms with van der Waals surface area (Å²) in [6, 6.07) is 5.52. The molecule has 0 unspecified atom stereocenters. The van der Waals surface area contributed by atoms with E-state index in [4.69, 9.17) is 0 Å². The van der Waals surface area contributed by atoms with E-state index in [1.807, 2.05) is 61.7 Å². The van der Waals surface area contributed by atoms with Crippen molar-refractivity contribution in [1.29, 1.82) is 0 Å². The monoisotopic (exact) mass is 434 g/mol. The number of nitrogens with zero attached hydrogens (tertiary/aromatic N) is 5. The molecule has 168 valence electrons. The lowest BCUT2D eigenvalue weighted by molar-refractivity contribution is -0.117. The molecule has 1 saturated heterocycles. The van der Waals surface area contributed by atoms with Gasteiger partial charge < -0.3 is 10.2 Å². The van der Waals surface area contributed by atoms with Gasteiger partial charge in [-0.25, -0.2) is 9.97 Å². The summed E-state index contributed by atoms with van der Waals surface area (Å²) in [7, 11) is 0. The number of hydrogen-bond donors (Lipinski definition) is 1. The summed E-state index contributed by atoms with van der Waals surface area (Å²) in [6.07, 6.45) is 3.96. The molecule has 32 heavy (non-hydrogen) atoms. The van der Waals surface area contributed by atoms with Crippen LogP contribution in [0, 0.1) is 26.7 Å². The fourth-order valence-corrected chi connectivity index (χ4v) is 4.15. The maximum atomic E-state index is 13.0. The average molecular weight is 435 g/mol. The van der Waals surface area contributed by atoms with Gasteiger partial charge in [0.15, 0.2) is 0 Å². The number of benzene rings is 1. The number of anilines is 1. The molecule has 0 spiro atoms. The van der Waals surface area contributed by atoms with Crippen LogP contribution in [0.3, 0.4) is 0 Å². The standard InChI is InChI=1S/C24H30N6O2/c1-5-30-14-22(17(4)28-30)27-23(31)12-18-8-10-29(11-9-18)24(32)19-6-7-20-21(13-19)26-16(3)15(2)25-20/h6-7,13-14,18H,5,8-12H2,1-4H3,(H,27,31). The highest BCUT2D eigenvalue weighted by Crippen LogP contribution is 2.24. The molecule has 3 heterocycles. The van der Waals surface area contributed by atoms with E-state index in [1.165, 1.54) is 0 Å². The Morgan fingerprint density at radius 3 is 2.38 bits per heavy atom. The highest BCUT2D eigenvalue weighted by molar-refractivity contribution is 5.97. The third-order valence-corrected chi connectivity index (χ3v) is 6.24. The minimum Gasteiger partial charge on any atom is -0.339 e. The van der Waals surface area contributed by atoms with Crippen molar-refractivity contribution in [2.75, 3.05) is 18.4 Å². The van der Waals surface area contributed by atoms with Crippen LogP contribution in [-0.2, 0) is 11.3 Å². The van der Waals surface area contributed by atoms with Gasteiger partial charge in [-0.3, -0.25) is 14.3 Å². The number of nitrogens with one attached hydrogen (secondary N) is 1. The number of amides is 2. The number of likely N-dealkylation sites (tertiary alicyclic amines) is 1. The van der Waals surface area contributed by atoms with E-state index in [0.717, 1.165) is 53.2 Å². The molecular weight excluding hydrogens is 404 g/mol. The van der Waals surface area contributed by atoms with Crippen molar-refractivity contribution in [2.24, 2.45) is 5.92 Å². The summed E-state index contributed by atoms with van der Waals surface area (Å²) < 4.78 is 1.82. The number of carbonyl (C=O) groups is 2. The van der Waals surface area contributed by atoms with Gasteiger partial charge in [0, 0.05) is 37.8 Å². The van der Waals surface area contributed by atoms with E-state index in [2.05, 4.69) is 20.4 Å². The maximum absolute atomic E-state index is 13.0. The van der Waals surface area contributed by atoms with Crippen LogP contribution in [0.15, 0.2) is 24.4 Å². The van der Waals surface area contributed by atoms with E-state index < -0.39 is 0 Å².